The number of likely N-dealkylation sites (N-methyl/N-ethyl adjacent to an activating group) is 1. The first-order chi connectivity index (χ1) is 7.17. The summed E-state index contributed by atoms with van der Waals surface area (Å²) in [7, 11) is 1.57. The summed E-state index contributed by atoms with van der Waals surface area (Å²) in [6.45, 7) is 12.4. The molecule has 1 amide bonds. The van der Waals surface area contributed by atoms with Crippen LogP contribution < -0.4 is 0 Å². The predicted octanol–water partition coefficient (Wildman–Crippen LogP) is 1.53. The fourth-order valence-electron chi connectivity index (χ4n) is 0.935. The van der Waals surface area contributed by atoms with Crippen molar-refractivity contribution in [3.63, 3.8) is 0 Å². The Labute approximate surface area is 96.6 Å². The largest absolute Gasteiger partial charge is 0.457 e. The van der Waals surface area contributed by atoms with Crippen LogP contribution in [0.4, 0.5) is 0 Å². The van der Waals surface area contributed by atoms with Crippen molar-refractivity contribution in [1.82, 2.24) is 4.90 Å². The monoisotopic (exact) mass is 225 g/mol. The molecule has 90 valence electrons. The zero-order valence-corrected chi connectivity index (χ0v) is 10.4. The highest BCUT2D eigenvalue weighted by molar-refractivity contribution is 5.91. The maximum atomic E-state index is 11.5. The van der Waals surface area contributed by atoms with Crippen molar-refractivity contribution in [2.75, 3.05) is 13.6 Å². The van der Waals surface area contributed by atoms with Crippen LogP contribution in [-0.4, -0.2) is 36.0 Å². The molecule has 0 fully saturated rings. The standard InChI is InChI=1S/C12H19NO3/c1-7-10(14)13(6)8-9(2)11(15)16-12(3,4)5/h7H,1-2,8H2,3-6H3. The minimum absolute atomic E-state index is 0.139. The summed E-state index contributed by atoms with van der Waals surface area (Å²) in [5.41, 5.74) is -0.311. The molecular formula is C12H19NO3. The molecule has 0 aliphatic heterocycles. The van der Waals surface area contributed by atoms with Crippen molar-refractivity contribution in [3.05, 3.63) is 24.8 Å². The zero-order chi connectivity index (χ0) is 12.9. The van der Waals surface area contributed by atoms with Gasteiger partial charge in [0.25, 0.3) is 0 Å². The first-order valence-corrected chi connectivity index (χ1v) is 4.96. The van der Waals surface area contributed by atoms with Gasteiger partial charge in [-0.2, -0.15) is 0 Å². The number of ether oxygens (including phenoxy) is 1. The van der Waals surface area contributed by atoms with Crippen LogP contribution in [0.2, 0.25) is 0 Å². The van der Waals surface area contributed by atoms with Crippen molar-refractivity contribution in [1.29, 1.82) is 0 Å². The Bertz CT molecular complexity index is 313. The molecule has 0 aromatic heterocycles. The van der Waals surface area contributed by atoms with E-state index in [4.69, 9.17) is 4.74 Å². The van der Waals surface area contributed by atoms with Gasteiger partial charge in [-0.25, -0.2) is 4.79 Å². The van der Waals surface area contributed by atoms with Gasteiger partial charge >= 0.3 is 5.97 Å². The van der Waals surface area contributed by atoms with Crippen LogP contribution in [0.1, 0.15) is 20.8 Å². The van der Waals surface area contributed by atoms with Gasteiger partial charge in [0.2, 0.25) is 5.91 Å². The van der Waals surface area contributed by atoms with Crippen molar-refractivity contribution < 1.29 is 14.3 Å². The molecule has 0 aromatic carbocycles. The first-order valence-electron chi connectivity index (χ1n) is 4.96. The van der Waals surface area contributed by atoms with Gasteiger partial charge in [0.15, 0.2) is 0 Å². The lowest BCUT2D eigenvalue weighted by atomic mass is 10.2. The summed E-state index contributed by atoms with van der Waals surface area (Å²) in [5.74, 6) is -0.749. The number of carbonyl (C=O) groups excluding carboxylic acids is 2. The topological polar surface area (TPSA) is 46.6 Å². The maximum absolute atomic E-state index is 11.5. The highest BCUT2D eigenvalue weighted by Gasteiger charge is 2.20. The van der Waals surface area contributed by atoms with Gasteiger partial charge < -0.3 is 9.64 Å². The Kier molecular flexibility index (Phi) is 4.95. The Morgan fingerprint density at radius 3 is 2.25 bits per heavy atom. The second-order valence-electron chi connectivity index (χ2n) is 4.50. The van der Waals surface area contributed by atoms with E-state index < -0.39 is 11.6 Å². The van der Waals surface area contributed by atoms with E-state index >= 15 is 0 Å². The van der Waals surface area contributed by atoms with E-state index in [1.807, 2.05) is 0 Å². The third-order valence-electron chi connectivity index (χ3n) is 1.67. The van der Waals surface area contributed by atoms with Gasteiger partial charge in [-0.3, -0.25) is 4.79 Å². The number of amides is 1. The Morgan fingerprint density at radius 1 is 1.38 bits per heavy atom. The molecule has 4 nitrogen and oxygen atoms in total. The molecule has 0 aromatic rings. The molecule has 0 aliphatic carbocycles. The number of nitrogens with zero attached hydrogens (tertiary/aromatic N) is 1. The number of rotatable bonds is 4. The van der Waals surface area contributed by atoms with Crippen LogP contribution in [0.5, 0.6) is 0 Å². The number of carbonyl (C=O) groups is 2. The van der Waals surface area contributed by atoms with E-state index in [0.29, 0.717) is 0 Å². The number of hydrogen-bond acceptors (Lipinski definition) is 3. The lowest BCUT2D eigenvalue weighted by Gasteiger charge is -2.22. The number of hydrogen-bond donors (Lipinski definition) is 0. The molecule has 0 heterocycles. The van der Waals surface area contributed by atoms with E-state index in [0.717, 1.165) is 0 Å². The maximum Gasteiger partial charge on any atom is 0.335 e. The van der Waals surface area contributed by atoms with Gasteiger partial charge in [-0.05, 0) is 26.8 Å². The van der Waals surface area contributed by atoms with Crippen LogP contribution >= 0.6 is 0 Å². The van der Waals surface area contributed by atoms with E-state index in [1.165, 1.54) is 11.0 Å². The molecule has 0 spiro atoms. The van der Waals surface area contributed by atoms with Crippen molar-refractivity contribution in [3.8, 4) is 0 Å². The molecule has 0 unspecified atom stereocenters. The fraction of sp³-hybridized carbons (Fsp3) is 0.500. The summed E-state index contributed by atoms with van der Waals surface area (Å²) in [4.78, 5) is 24.0. The zero-order valence-electron chi connectivity index (χ0n) is 10.4. The minimum Gasteiger partial charge on any atom is -0.457 e. The van der Waals surface area contributed by atoms with Crippen LogP contribution in [0, 0.1) is 0 Å². The molecule has 0 rings (SSSR count). The molecule has 0 saturated carbocycles. The van der Waals surface area contributed by atoms with Gasteiger partial charge in [-0.1, -0.05) is 13.2 Å². The van der Waals surface area contributed by atoms with Crippen LogP contribution in [-0.2, 0) is 14.3 Å². The molecule has 4 heteroatoms. The van der Waals surface area contributed by atoms with Crippen molar-refractivity contribution in [2.45, 2.75) is 26.4 Å². The van der Waals surface area contributed by atoms with Crippen molar-refractivity contribution >= 4 is 11.9 Å². The van der Waals surface area contributed by atoms with Gasteiger partial charge in [0, 0.05) is 12.6 Å². The first kappa shape index (κ1) is 14.4. The average Bonchev–Trinajstić information content (AvgIpc) is 2.13. The SMILES string of the molecule is C=CC(=O)N(C)CC(=C)C(=O)OC(C)(C)C. The Morgan fingerprint density at radius 2 is 1.88 bits per heavy atom. The van der Waals surface area contributed by atoms with Crippen LogP contribution in [0.25, 0.3) is 0 Å². The second-order valence-corrected chi connectivity index (χ2v) is 4.50. The second kappa shape index (κ2) is 5.49. The Balaban J connectivity index is 4.32. The predicted molar refractivity (Wildman–Crippen MR) is 62.8 cm³/mol. The van der Waals surface area contributed by atoms with Gasteiger partial charge in [0.05, 0.1) is 6.54 Å². The molecule has 0 aliphatic rings. The quantitative estimate of drug-likeness (QED) is 0.538. The number of esters is 1. The van der Waals surface area contributed by atoms with E-state index in [2.05, 4.69) is 13.2 Å². The minimum atomic E-state index is -0.555. The molecule has 0 atom stereocenters. The summed E-state index contributed by atoms with van der Waals surface area (Å²) in [5, 5.41) is 0. The molecule has 16 heavy (non-hydrogen) atoms. The highest BCUT2D eigenvalue weighted by atomic mass is 16.6. The van der Waals surface area contributed by atoms with Gasteiger partial charge in [-0.15, -0.1) is 0 Å². The normalized spacial score (nSPS) is 10.5. The van der Waals surface area contributed by atoms with Gasteiger partial charge in [0.1, 0.15) is 5.60 Å². The Hall–Kier alpha value is -1.58. The molecule has 0 saturated heterocycles. The van der Waals surface area contributed by atoms with Crippen LogP contribution in [0.15, 0.2) is 24.8 Å². The lowest BCUT2D eigenvalue weighted by molar-refractivity contribution is -0.150. The van der Waals surface area contributed by atoms with Crippen molar-refractivity contribution in [2.24, 2.45) is 0 Å². The van der Waals surface area contributed by atoms with E-state index in [-0.39, 0.29) is 18.0 Å². The average molecular weight is 225 g/mol. The fourth-order valence-corrected chi connectivity index (χ4v) is 0.935. The molecule has 0 bridgehead atoms. The van der Waals surface area contributed by atoms with E-state index in [1.54, 1.807) is 27.8 Å². The summed E-state index contributed by atoms with van der Waals surface area (Å²) in [6, 6.07) is 0. The highest BCUT2D eigenvalue weighted by Crippen LogP contribution is 2.10. The third kappa shape index (κ3) is 5.34. The molecule has 0 radical (unpaired) electrons. The molecule has 0 N–H and O–H groups in total. The third-order valence-corrected chi connectivity index (χ3v) is 1.67. The summed E-state index contributed by atoms with van der Waals surface area (Å²) in [6.07, 6.45) is 1.18. The van der Waals surface area contributed by atoms with Crippen LogP contribution in [0.3, 0.4) is 0 Å². The summed E-state index contributed by atoms with van der Waals surface area (Å²) < 4.78 is 5.11. The molecular weight excluding hydrogens is 206 g/mol. The van der Waals surface area contributed by atoms with E-state index in [9.17, 15) is 9.59 Å². The smallest absolute Gasteiger partial charge is 0.335 e. The summed E-state index contributed by atoms with van der Waals surface area (Å²) >= 11 is 0. The lowest BCUT2D eigenvalue weighted by Crippen LogP contribution is -2.31.